The summed E-state index contributed by atoms with van der Waals surface area (Å²) in [6, 6.07) is 13.8. The van der Waals surface area contributed by atoms with Gasteiger partial charge in [0.15, 0.2) is 0 Å². The van der Waals surface area contributed by atoms with Gasteiger partial charge in [-0.2, -0.15) is 8.78 Å². The van der Waals surface area contributed by atoms with Crippen LogP contribution in [0.25, 0.3) is 0 Å². The number of amides is 1. The maximum absolute atomic E-state index is 14.0. The average molecular weight is 502 g/mol. The zero-order valence-electron chi connectivity index (χ0n) is 16.3. The Morgan fingerprint density at radius 2 is 1.90 bits per heavy atom. The van der Waals surface area contributed by atoms with Crippen LogP contribution >= 0.6 is 23.5 Å². The van der Waals surface area contributed by atoms with E-state index in [1.807, 2.05) is 37.3 Å². The number of halogens is 3. The molecule has 2 aromatic carbocycles. The summed E-state index contributed by atoms with van der Waals surface area (Å²) in [5.41, 5.74) is -3.17. The molecular formula is C21H23BrF2NO4P. The van der Waals surface area contributed by atoms with Crippen LogP contribution < -0.4 is 0 Å². The van der Waals surface area contributed by atoms with Gasteiger partial charge in [0.1, 0.15) is 0 Å². The molecule has 30 heavy (non-hydrogen) atoms. The average Bonchev–Trinajstić information content (AvgIpc) is 3.49. The van der Waals surface area contributed by atoms with Gasteiger partial charge in [0, 0.05) is 29.0 Å². The lowest BCUT2D eigenvalue weighted by Crippen LogP contribution is -2.34. The third-order valence-electron chi connectivity index (χ3n) is 5.42. The summed E-state index contributed by atoms with van der Waals surface area (Å²) in [6.45, 7) is 2.89. The highest BCUT2D eigenvalue weighted by Crippen LogP contribution is 2.60. The van der Waals surface area contributed by atoms with Crippen LogP contribution in [0.1, 0.15) is 36.0 Å². The smallest absolute Gasteiger partial charge is 0.342 e. The maximum atomic E-state index is 14.0. The van der Waals surface area contributed by atoms with Crippen molar-refractivity contribution in [2.24, 2.45) is 5.92 Å². The van der Waals surface area contributed by atoms with Crippen molar-refractivity contribution in [3.8, 4) is 0 Å². The third kappa shape index (κ3) is 4.83. The van der Waals surface area contributed by atoms with E-state index in [9.17, 15) is 18.1 Å². The van der Waals surface area contributed by atoms with Crippen LogP contribution in [-0.2, 0) is 21.4 Å². The van der Waals surface area contributed by atoms with Gasteiger partial charge in [-0.1, -0.05) is 58.4 Å². The highest BCUT2D eigenvalue weighted by molar-refractivity contribution is 9.10. The number of rotatable bonds is 8. The van der Waals surface area contributed by atoms with Gasteiger partial charge in [0.2, 0.25) is 5.91 Å². The molecule has 1 saturated carbocycles. The molecule has 3 rings (SSSR count). The van der Waals surface area contributed by atoms with Gasteiger partial charge in [-0.05, 0) is 42.9 Å². The molecule has 0 aromatic heterocycles. The zero-order chi connectivity index (χ0) is 22.1. The molecule has 1 aliphatic carbocycles. The van der Waals surface area contributed by atoms with Crippen LogP contribution in [0.15, 0.2) is 53.0 Å². The van der Waals surface area contributed by atoms with Crippen molar-refractivity contribution in [2.75, 3.05) is 13.1 Å². The fraction of sp³-hybridized carbons (Fsp3) is 0.381. The maximum Gasteiger partial charge on any atom is 0.399 e. The fourth-order valence-electron chi connectivity index (χ4n) is 3.57. The van der Waals surface area contributed by atoms with E-state index in [1.165, 1.54) is 12.1 Å². The van der Waals surface area contributed by atoms with Crippen LogP contribution in [-0.4, -0.2) is 33.7 Å². The molecule has 0 saturated heterocycles. The topological polar surface area (TPSA) is 77.8 Å². The van der Waals surface area contributed by atoms with E-state index in [2.05, 4.69) is 15.9 Å². The van der Waals surface area contributed by atoms with E-state index in [0.29, 0.717) is 25.1 Å². The van der Waals surface area contributed by atoms with Gasteiger partial charge < -0.3 is 14.7 Å². The van der Waals surface area contributed by atoms with Gasteiger partial charge in [0.25, 0.3) is 0 Å². The Morgan fingerprint density at radius 1 is 1.23 bits per heavy atom. The van der Waals surface area contributed by atoms with Crippen molar-refractivity contribution in [3.63, 3.8) is 0 Å². The number of nitrogens with zero attached hydrogens (tertiary/aromatic N) is 1. The van der Waals surface area contributed by atoms with Gasteiger partial charge in [-0.15, -0.1) is 0 Å². The minimum Gasteiger partial charge on any atom is -0.342 e. The quantitative estimate of drug-likeness (QED) is 0.505. The fourth-order valence-corrected chi connectivity index (χ4v) is 4.91. The summed E-state index contributed by atoms with van der Waals surface area (Å²) in [5.74, 6) is 0.314. The first-order valence-corrected chi connectivity index (χ1v) is 12.0. The van der Waals surface area contributed by atoms with Crippen molar-refractivity contribution >= 4 is 29.4 Å². The minimum absolute atomic E-state index is 0.0246. The van der Waals surface area contributed by atoms with Crippen LogP contribution in [0.4, 0.5) is 8.78 Å². The molecule has 2 unspecified atom stereocenters. The molecule has 9 heteroatoms. The van der Waals surface area contributed by atoms with Gasteiger partial charge in [0.05, 0.1) is 0 Å². The second kappa shape index (κ2) is 8.87. The Hall–Kier alpha value is -1.60. The van der Waals surface area contributed by atoms with E-state index in [1.54, 1.807) is 4.90 Å². The summed E-state index contributed by atoms with van der Waals surface area (Å²) < 4.78 is 38.9. The molecule has 0 spiro atoms. The first kappa shape index (κ1) is 23.1. The molecule has 162 valence electrons. The van der Waals surface area contributed by atoms with Crippen LogP contribution in [0.3, 0.4) is 0 Å². The highest BCUT2D eigenvalue weighted by Gasteiger charge is 2.51. The Labute approximate surface area is 182 Å². The normalized spacial score (nSPS) is 18.9. The second-order valence-corrected chi connectivity index (χ2v) is 9.93. The number of alkyl halides is 2. The molecule has 1 fully saturated rings. The Kier molecular flexibility index (Phi) is 6.82. The van der Waals surface area contributed by atoms with E-state index >= 15 is 0 Å². The second-order valence-electron chi connectivity index (χ2n) is 7.43. The number of hydrogen-bond acceptors (Lipinski definition) is 2. The predicted octanol–water partition coefficient (Wildman–Crippen LogP) is 4.87. The molecule has 5 nitrogen and oxygen atoms in total. The molecule has 1 amide bonds. The summed E-state index contributed by atoms with van der Waals surface area (Å²) in [7, 11) is -5.63. The summed E-state index contributed by atoms with van der Waals surface area (Å²) in [5, 5.41) is 0. The van der Waals surface area contributed by atoms with E-state index in [-0.39, 0.29) is 22.2 Å². The molecule has 0 aliphatic heterocycles. The lowest BCUT2D eigenvalue weighted by molar-refractivity contribution is -0.132. The van der Waals surface area contributed by atoms with Crippen molar-refractivity contribution in [1.29, 1.82) is 0 Å². The lowest BCUT2D eigenvalue weighted by atomic mass is 10.1. The number of likely N-dealkylation sites (N-methyl/N-ethyl adjacent to an activating group) is 1. The summed E-state index contributed by atoms with van der Waals surface area (Å²) >= 11 is 2.99. The molecule has 0 heterocycles. The zero-order valence-corrected chi connectivity index (χ0v) is 18.8. The molecule has 0 radical (unpaired) electrons. The molecule has 0 bridgehead atoms. The Bertz CT molecular complexity index is 967. The van der Waals surface area contributed by atoms with Gasteiger partial charge in [-0.25, -0.2) is 0 Å². The van der Waals surface area contributed by atoms with Crippen molar-refractivity contribution in [1.82, 2.24) is 4.90 Å². The van der Waals surface area contributed by atoms with Crippen molar-refractivity contribution in [3.05, 3.63) is 69.7 Å². The highest BCUT2D eigenvalue weighted by atomic mass is 79.9. The number of hydrogen-bond donors (Lipinski definition) is 2. The van der Waals surface area contributed by atoms with Crippen LogP contribution in [0.5, 0.6) is 0 Å². The number of carbonyl (C=O) groups is 1. The molecule has 2 atom stereocenters. The lowest BCUT2D eigenvalue weighted by Gasteiger charge is -2.22. The largest absolute Gasteiger partial charge is 0.399 e. The van der Waals surface area contributed by atoms with E-state index < -0.39 is 18.8 Å². The third-order valence-corrected chi connectivity index (χ3v) is 7.05. The Morgan fingerprint density at radius 3 is 2.47 bits per heavy atom. The molecular weight excluding hydrogens is 479 g/mol. The van der Waals surface area contributed by atoms with Crippen molar-refractivity contribution in [2.45, 2.75) is 31.3 Å². The first-order valence-electron chi connectivity index (χ1n) is 9.62. The standard InChI is InChI=1S/C21H23BrF2NO4P/c1-2-25(20(26)17-13-16(17)15-6-4-3-5-7-15)11-10-14-8-9-18(19(22)12-14)21(23,24)30(27,28)29/h3-9,12,16-17H,2,10-11,13H2,1H3,(H2,27,28,29). The summed E-state index contributed by atoms with van der Waals surface area (Å²) in [6.07, 6.45) is 1.28. The summed E-state index contributed by atoms with van der Waals surface area (Å²) in [4.78, 5) is 32.4. The Balaban J connectivity index is 1.64. The molecule has 1 aliphatic rings. The predicted molar refractivity (Wildman–Crippen MR) is 113 cm³/mol. The molecule has 2 N–H and O–H groups in total. The molecule has 2 aromatic rings. The van der Waals surface area contributed by atoms with Gasteiger partial charge >= 0.3 is 13.3 Å². The minimum atomic E-state index is -5.63. The number of benzene rings is 2. The number of carbonyl (C=O) groups excluding carboxylic acids is 1. The van der Waals surface area contributed by atoms with E-state index in [4.69, 9.17) is 9.79 Å². The van der Waals surface area contributed by atoms with E-state index in [0.717, 1.165) is 18.1 Å². The van der Waals surface area contributed by atoms with Gasteiger partial charge in [-0.3, -0.25) is 9.36 Å². The monoisotopic (exact) mass is 501 g/mol. The van der Waals surface area contributed by atoms with Crippen molar-refractivity contribution < 1.29 is 27.9 Å². The van der Waals surface area contributed by atoms with Crippen LogP contribution in [0, 0.1) is 5.92 Å². The van der Waals surface area contributed by atoms with Crippen LogP contribution in [0.2, 0.25) is 0 Å². The first-order chi connectivity index (χ1) is 14.1. The SMILES string of the molecule is CCN(CCc1ccc(C(F)(F)P(=O)(O)O)c(Br)c1)C(=O)C1CC1c1ccccc1.